The number of hydrogen-bond acceptors (Lipinski definition) is 16. The van der Waals surface area contributed by atoms with Gasteiger partial charge in [0.05, 0.1) is 0 Å². The zero-order valence-corrected chi connectivity index (χ0v) is 50.7. The van der Waals surface area contributed by atoms with E-state index in [1.807, 2.05) is 111 Å². The van der Waals surface area contributed by atoms with Gasteiger partial charge in [0.1, 0.15) is 44.3 Å². The van der Waals surface area contributed by atoms with Crippen LogP contribution in [-0.4, -0.2) is 137 Å². The minimum atomic E-state index is -1.08. The molecule has 76 heavy (non-hydrogen) atoms. The lowest BCUT2D eigenvalue weighted by molar-refractivity contribution is -1.16. The second kappa shape index (κ2) is 31.7. The van der Waals surface area contributed by atoms with Gasteiger partial charge < -0.3 is 60.9 Å². The van der Waals surface area contributed by atoms with Crippen molar-refractivity contribution in [3.63, 3.8) is 0 Å². The summed E-state index contributed by atoms with van der Waals surface area (Å²) in [6.45, 7) is 42.5. The number of amides is 4. The molecule has 24 nitrogen and oxygen atoms in total. The molecule has 0 aromatic rings. The van der Waals surface area contributed by atoms with E-state index in [1.54, 1.807) is 0 Å². The second-order valence-corrected chi connectivity index (χ2v) is 25.7. The number of piperidine rings is 4. The highest BCUT2D eigenvalue weighted by Crippen LogP contribution is 2.26. The van der Waals surface area contributed by atoms with E-state index >= 15 is 0 Å². The quantitative estimate of drug-likeness (QED) is 0.126. The summed E-state index contributed by atoms with van der Waals surface area (Å²) >= 11 is 0. The molecule has 0 unspecified atom stereocenters. The molecule has 0 aliphatic carbocycles. The Morgan fingerprint density at radius 1 is 0.289 bits per heavy atom. The van der Waals surface area contributed by atoms with Crippen LogP contribution in [0.2, 0.25) is 0 Å². The molecule has 4 rings (SSSR count). The maximum absolute atomic E-state index is 11.0. The highest BCUT2D eigenvalue weighted by atomic mass is 16.5. The van der Waals surface area contributed by atoms with Crippen molar-refractivity contribution < 1.29 is 99.9 Å². The molecular formula is C52H104N8O16. The van der Waals surface area contributed by atoms with E-state index in [-0.39, 0.29) is 92.1 Å². The summed E-state index contributed by atoms with van der Waals surface area (Å²) in [5.41, 5.74) is -1.71. The Balaban J connectivity index is -0.000000414. The van der Waals surface area contributed by atoms with Crippen LogP contribution in [0, 0.1) is 0 Å². The van der Waals surface area contributed by atoms with Crippen LogP contribution in [-0.2, 0) is 38.4 Å². The Morgan fingerprint density at radius 2 is 0.368 bits per heavy atom. The van der Waals surface area contributed by atoms with Crippen LogP contribution in [0.1, 0.15) is 218 Å². The Labute approximate surface area is 453 Å². The third-order valence-corrected chi connectivity index (χ3v) is 12.8. The molecule has 4 aliphatic rings. The summed E-state index contributed by atoms with van der Waals surface area (Å²) in [7, 11) is 0. The molecule has 24 heteroatoms. The van der Waals surface area contributed by atoms with Crippen molar-refractivity contribution >= 4 is 47.5 Å². The van der Waals surface area contributed by atoms with Gasteiger partial charge in [-0.05, 0) is 138 Å². The van der Waals surface area contributed by atoms with Crippen LogP contribution >= 0.6 is 0 Å². The molecule has 4 heterocycles. The van der Waals surface area contributed by atoms with Crippen LogP contribution in [0.5, 0.6) is 0 Å². The van der Waals surface area contributed by atoms with Gasteiger partial charge in [-0.15, -0.1) is 0 Å². The number of rotatable bonds is 4. The first-order valence-corrected chi connectivity index (χ1v) is 25.6. The highest BCUT2D eigenvalue weighted by molar-refractivity contribution is 5.74. The molecule has 4 fully saturated rings. The van der Waals surface area contributed by atoms with Crippen molar-refractivity contribution in [2.45, 2.75) is 286 Å². The summed E-state index contributed by atoms with van der Waals surface area (Å²) in [4.78, 5) is 79.7. The number of quaternary nitrogens is 4. The third kappa shape index (κ3) is 32.9. The average molecular weight is 1100 g/mol. The normalized spacial score (nSPS) is 27.7. The largest absolute Gasteiger partial charge is 0.550 e. The lowest BCUT2D eigenvalue weighted by Gasteiger charge is -2.47. The smallest absolute Gasteiger partial charge is 0.217 e. The molecule has 448 valence electrons. The zero-order valence-electron chi connectivity index (χ0n) is 50.7. The predicted octanol–water partition coefficient (Wildman–Crippen LogP) is -4.51. The summed E-state index contributed by atoms with van der Waals surface area (Å²) < 4.78 is 0. The Kier molecular flexibility index (Phi) is 32.6. The number of aliphatic carboxylic acids is 4. The third-order valence-electron chi connectivity index (χ3n) is 12.8. The van der Waals surface area contributed by atoms with Crippen LogP contribution in [0.3, 0.4) is 0 Å². The van der Waals surface area contributed by atoms with E-state index in [0.717, 1.165) is 79.1 Å². The molecule has 0 saturated carbocycles. The number of carbonyl (C=O) groups excluding carboxylic acids is 8. The number of carbonyl (C=O) groups is 8. The number of carboxylic acids is 4. The number of hydrogen-bond donors (Lipinski definition) is 12. The van der Waals surface area contributed by atoms with Gasteiger partial charge >= 0.3 is 0 Å². The summed E-state index contributed by atoms with van der Waals surface area (Å²) in [5.74, 6) is -4.30. The molecule has 4 aliphatic heterocycles. The predicted molar refractivity (Wildman–Crippen MR) is 274 cm³/mol. The van der Waals surface area contributed by atoms with Crippen LogP contribution in [0.25, 0.3) is 0 Å². The SMILES string of the molecule is CC(=O)NC1CC(C)(C)[NH+](O)C(C)(C)C1.CC(=O)NC1CC(C)(C)[NH+](O)C(C)(C)C1.CC(=O)NC1CC(C)(C)[NH+](O)C(C)(C)C1.CC(=O)NC1CC(C)(C)[NH+](O)C(C)(C)C1.CC(=O)[O-].CC(=O)[O-].CC(=O)[O-].CC(=O)[O-]. The van der Waals surface area contributed by atoms with Crippen LogP contribution < -0.4 is 61.9 Å². The summed E-state index contributed by atoms with van der Waals surface area (Å²) in [6, 6.07) is 0.679. The molecule has 0 bridgehead atoms. The van der Waals surface area contributed by atoms with E-state index in [0.29, 0.717) is 20.3 Å². The molecule has 0 radical (unpaired) electrons. The fraction of sp³-hybridized carbons (Fsp3) is 0.846. The first kappa shape index (κ1) is 77.9. The first-order chi connectivity index (χ1) is 33.5. The van der Waals surface area contributed by atoms with E-state index in [1.165, 1.54) is 27.7 Å². The van der Waals surface area contributed by atoms with Gasteiger partial charge in [-0.25, -0.2) is 20.8 Å². The van der Waals surface area contributed by atoms with Crippen molar-refractivity contribution in [1.29, 1.82) is 0 Å². The number of nitrogens with one attached hydrogen (secondary N) is 8. The van der Waals surface area contributed by atoms with E-state index in [9.17, 15) is 40.0 Å². The molecular weight excluding hydrogens is 993 g/mol. The molecule has 0 aromatic carbocycles. The Bertz CT molecular complexity index is 1530. The van der Waals surface area contributed by atoms with E-state index < -0.39 is 23.9 Å². The van der Waals surface area contributed by atoms with Gasteiger partial charge in [-0.1, -0.05) is 0 Å². The first-order valence-electron chi connectivity index (χ1n) is 25.6. The monoisotopic (exact) mass is 1100 g/mol. The lowest BCUT2D eigenvalue weighted by atomic mass is 9.79. The standard InChI is InChI=1S/4C11H22N2O2.4C2H4O2/c4*1-8(14)12-9-6-10(2,3)13(15)11(4,5)7-9;4*1-2(3)4/h4*9,15H,6-7H2,1-5H3,(H,12,14);4*1H3,(H,3,4). The van der Waals surface area contributed by atoms with Gasteiger partial charge in [0.25, 0.3) is 0 Å². The maximum atomic E-state index is 11.0. The van der Waals surface area contributed by atoms with Crippen molar-refractivity contribution in [2.24, 2.45) is 0 Å². The Hall–Kier alpha value is -4.56. The average Bonchev–Trinajstić information content (AvgIpc) is 3.12. The fourth-order valence-corrected chi connectivity index (χ4v) is 11.2. The summed E-state index contributed by atoms with van der Waals surface area (Å²) in [6.07, 6.45) is 6.46. The van der Waals surface area contributed by atoms with Gasteiger partial charge in [-0.2, -0.15) is 20.3 Å². The van der Waals surface area contributed by atoms with Crippen LogP contribution in [0.15, 0.2) is 0 Å². The molecule has 4 saturated heterocycles. The van der Waals surface area contributed by atoms with Crippen molar-refractivity contribution in [1.82, 2.24) is 21.3 Å². The zero-order chi connectivity index (χ0) is 61.7. The van der Waals surface area contributed by atoms with Crippen molar-refractivity contribution in [3.05, 3.63) is 0 Å². The maximum Gasteiger partial charge on any atom is 0.217 e. The molecule has 4 amide bonds. The fourth-order valence-electron chi connectivity index (χ4n) is 11.2. The Morgan fingerprint density at radius 3 is 0.434 bits per heavy atom. The molecule has 0 atom stereocenters. The van der Waals surface area contributed by atoms with Gasteiger partial charge in [0.15, 0.2) is 0 Å². The van der Waals surface area contributed by atoms with E-state index in [2.05, 4.69) is 21.3 Å². The lowest BCUT2D eigenvalue weighted by Crippen LogP contribution is -3.25. The van der Waals surface area contributed by atoms with Crippen molar-refractivity contribution in [2.75, 3.05) is 0 Å². The number of hydroxylamine groups is 8. The summed E-state index contributed by atoms with van der Waals surface area (Å²) in [5, 5.41) is 90.0. The molecule has 12 N–H and O–H groups in total. The van der Waals surface area contributed by atoms with Crippen molar-refractivity contribution in [3.8, 4) is 0 Å². The number of carboxylic acid groups (broad SMARTS) is 4. The minimum Gasteiger partial charge on any atom is -0.550 e. The molecule has 0 aromatic heterocycles. The molecule has 0 spiro atoms. The van der Waals surface area contributed by atoms with E-state index in [4.69, 9.17) is 39.6 Å². The van der Waals surface area contributed by atoms with Gasteiger partial charge in [0, 0.05) is 127 Å². The highest BCUT2D eigenvalue weighted by Gasteiger charge is 2.53. The van der Waals surface area contributed by atoms with Gasteiger partial charge in [-0.3, -0.25) is 19.2 Å². The topological polar surface area (TPSA) is 376 Å². The van der Waals surface area contributed by atoms with Gasteiger partial charge in [0.2, 0.25) is 23.6 Å². The minimum absolute atomic E-state index is 0.00740. The second-order valence-electron chi connectivity index (χ2n) is 25.7. The van der Waals surface area contributed by atoms with Crippen LogP contribution in [0.4, 0.5) is 0 Å².